The predicted octanol–water partition coefficient (Wildman–Crippen LogP) is 1.32. The maximum Gasteiger partial charge on any atom is 0.228 e. The zero-order valence-electron chi connectivity index (χ0n) is 13.4. The Bertz CT molecular complexity index is 491. The molecular formula is C16H25N3O3. The number of methoxy groups -OCH3 is 1. The minimum atomic E-state index is 0.119. The normalized spacial score (nSPS) is 29.1. The summed E-state index contributed by atoms with van der Waals surface area (Å²) >= 11 is 0. The van der Waals surface area contributed by atoms with Crippen LogP contribution in [0.4, 0.5) is 0 Å². The van der Waals surface area contributed by atoms with Gasteiger partial charge in [0.2, 0.25) is 5.91 Å². The Kier molecular flexibility index (Phi) is 4.78. The van der Waals surface area contributed by atoms with Gasteiger partial charge in [0.1, 0.15) is 6.26 Å². The van der Waals surface area contributed by atoms with Crippen LogP contribution in [0.5, 0.6) is 0 Å². The van der Waals surface area contributed by atoms with Crippen LogP contribution < -0.4 is 0 Å². The molecule has 1 unspecified atom stereocenters. The maximum atomic E-state index is 12.5. The standard InChI is InChI=1S/C16H25N3O3/c1-18(16(20)10-12-7-9-22-17-12)14-4-3-5-15(14)19-8-6-13(11-19)21-2/h7,9,13-15H,3-6,8,10-11H2,1-2H3/t13?,14-,15+/m1/s1. The topological polar surface area (TPSA) is 58.8 Å². The van der Waals surface area contributed by atoms with Crippen molar-refractivity contribution in [3.05, 3.63) is 18.0 Å². The van der Waals surface area contributed by atoms with Gasteiger partial charge >= 0.3 is 0 Å². The van der Waals surface area contributed by atoms with Crippen molar-refractivity contribution in [1.29, 1.82) is 0 Å². The molecule has 6 heteroatoms. The molecule has 0 N–H and O–H groups in total. The largest absolute Gasteiger partial charge is 0.380 e. The number of carbonyl (C=O) groups excluding carboxylic acids is 1. The molecule has 1 saturated carbocycles. The molecule has 1 amide bonds. The number of carbonyl (C=O) groups is 1. The van der Waals surface area contributed by atoms with Gasteiger partial charge in [-0.15, -0.1) is 0 Å². The number of nitrogens with zero attached hydrogens (tertiary/aromatic N) is 3. The Balaban J connectivity index is 1.61. The van der Waals surface area contributed by atoms with Gasteiger partial charge in [0.15, 0.2) is 0 Å². The van der Waals surface area contributed by atoms with Gasteiger partial charge < -0.3 is 14.2 Å². The Morgan fingerprint density at radius 2 is 2.36 bits per heavy atom. The second-order valence-corrected chi connectivity index (χ2v) is 6.38. The Labute approximate surface area is 131 Å². The number of hydrogen-bond donors (Lipinski definition) is 0. The minimum Gasteiger partial charge on any atom is -0.380 e. The number of ether oxygens (including phenoxy) is 1. The summed E-state index contributed by atoms with van der Waals surface area (Å²) in [4.78, 5) is 16.9. The van der Waals surface area contributed by atoms with Gasteiger partial charge in [-0.25, -0.2) is 0 Å². The lowest BCUT2D eigenvalue weighted by Gasteiger charge is -2.35. The average molecular weight is 307 g/mol. The highest BCUT2D eigenvalue weighted by Gasteiger charge is 2.39. The SMILES string of the molecule is COC1CCN([C@H]2CCC[C@H]2N(C)C(=O)Cc2ccon2)C1. The van der Waals surface area contributed by atoms with Gasteiger partial charge in [-0.2, -0.15) is 0 Å². The van der Waals surface area contributed by atoms with Crippen molar-refractivity contribution in [3.8, 4) is 0 Å². The lowest BCUT2D eigenvalue weighted by atomic mass is 10.1. The fourth-order valence-corrected chi connectivity index (χ4v) is 3.84. The average Bonchev–Trinajstić information content (AvgIpc) is 3.26. The summed E-state index contributed by atoms with van der Waals surface area (Å²) < 4.78 is 10.3. The summed E-state index contributed by atoms with van der Waals surface area (Å²) in [5.74, 6) is 0.119. The molecule has 22 heavy (non-hydrogen) atoms. The zero-order chi connectivity index (χ0) is 15.5. The highest BCUT2D eigenvalue weighted by atomic mass is 16.5. The van der Waals surface area contributed by atoms with Gasteiger partial charge in [0.25, 0.3) is 0 Å². The van der Waals surface area contributed by atoms with Gasteiger partial charge in [-0.1, -0.05) is 5.16 Å². The van der Waals surface area contributed by atoms with Crippen molar-refractivity contribution in [1.82, 2.24) is 15.0 Å². The molecule has 0 radical (unpaired) electrons. The quantitative estimate of drug-likeness (QED) is 0.821. The van der Waals surface area contributed by atoms with Crippen LogP contribution in [0.15, 0.2) is 16.9 Å². The van der Waals surface area contributed by atoms with Gasteiger partial charge in [0, 0.05) is 45.4 Å². The number of hydrogen-bond acceptors (Lipinski definition) is 5. The van der Waals surface area contributed by atoms with E-state index in [0.29, 0.717) is 30.3 Å². The van der Waals surface area contributed by atoms with Crippen LogP contribution in [0.1, 0.15) is 31.4 Å². The summed E-state index contributed by atoms with van der Waals surface area (Å²) in [6.45, 7) is 2.06. The van der Waals surface area contributed by atoms with Crippen molar-refractivity contribution in [2.45, 2.75) is 50.3 Å². The fraction of sp³-hybridized carbons (Fsp3) is 0.750. The highest BCUT2D eigenvalue weighted by Crippen LogP contribution is 2.31. The first-order valence-corrected chi connectivity index (χ1v) is 8.11. The molecule has 1 aromatic rings. The first-order chi connectivity index (χ1) is 10.7. The predicted molar refractivity (Wildman–Crippen MR) is 81.4 cm³/mol. The molecule has 1 aromatic heterocycles. The van der Waals surface area contributed by atoms with E-state index in [1.807, 2.05) is 11.9 Å². The van der Waals surface area contributed by atoms with E-state index in [1.165, 1.54) is 19.1 Å². The number of likely N-dealkylation sites (tertiary alicyclic amines) is 1. The Hall–Kier alpha value is -1.40. The first kappa shape index (κ1) is 15.5. The van der Waals surface area contributed by atoms with E-state index >= 15 is 0 Å². The van der Waals surface area contributed by atoms with Crippen LogP contribution in [0.2, 0.25) is 0 Å². The maximum absolute atomic E-state index is 12.5. The van der Waals surface area contributed by atoms with Crippen LogP contribution in [0, 0.1) is 0 Å². The summed E-state index contributed by atoms with van der Waals surface area (Å²) in [5.41, 5.74) is 0.701. The second kappa shape index (κ2) is 6.79. The summed E-state index contributed by atoms with van der Waals surface area (Å²) in [6.07, 6.45) is 6.70. The van der Waals surface area contributed by atoms with E-state index in [2.05, 4.69) is 10.1 Å². The number of rotatable bonds is 5. The van der Waals surface area contributed by atoms with Crippen molar-refractivity contribution >= 4 is 5.91 Å². The van der Waals surface area contributed by atoms with E-state index in [1.54, 1.807) is 13.2 Å². The monoisotopic (exact) mass is 307 g/mol. The van der Waals surface area contributed by atoms with Crippen LogP contribution >= 0.6 is 0 Å². The van der Waals surface area contributed by atoms with Crippen LogP contribution in [-0.4, -0.2) is 66.3 Å². The van der Waals surface area contributed by atoms with E-state index in [9.17, 15) is 4.79 Å². The molecule has 2 fully saturated rings. The highest BCUT2D eigenvalue weighted by molar-refractivity contribution is 5.78. The lowest BCUT2D eigenvalue weighted by Crippen LogP contribution is -2.49. The van der Waals surface area contributed by atoms with E-state index in [4.69, 9.17) is 9.26 Å². The molecule has 1 aliphatic heterocycles. The van der Waals surface area contributed by atoms with Gasteiger partial charge in [-0.05, 0) is 25.7 Å². The van der Waals surface area contributed by atoms with Crippen LogP contribution in [-0.2, 0) is 16.0 Å². The lowest BCUT2D eigenvalue weighted by molar-refractivity contribution is -0.132. The zero-order valence-corrected chi connectivity index (χ0v) is 13.4. The summed E-state index contributed by atoms with van der Waals surface area (Å²) in [5, 5.41) is 3.83. The third-order valence-electron chi connectivity index (χ3n) is 5.14. The smallest absolute Gasteiger partial charge is 0.228 e. The molecule has 122 valence electrons. The van der Waals surface area contributed by atoms with Crippen LogP contribution in [0.25, 0.3) is 0 Å². The second-order valence-electron chi connectivity index (χ2n) is 6.38. The van der Waals surface area contributed by atoms with Gasteiger partial charge in [-0.3, -0.25) is 9.69 Å². The number of amides is 1. The molecule has 3 atom stereocenters. The van der Waals surface area contributed by atoms with Gasteiger partial charge in [0.05, 0.1) is 18.2 Å². The third-order valence-corrected chi connectivity index (χ3v) is 5.14. The Morgan fingerprint density at radius 3 is 3.05 bits per heavy atom. The van der Waals surface area contributed by atoms with Crippen molar-refractivity contribution in [2.24, 2.45) is 0 Å². The van der Waals surface area contributed by atoms with E-state index in [0.717, 1.165) is 25.9 Å². The van der Waals surface area contributed by atoms with E-state index in [-0.39, 0.29) is 5.91 Å². The molecule has 3 rings (SSSR count). The molecule has 2 aliphatic rings. The van der Waals surface area contributed by atoms with E-state index < -0.39 is 0 Å². The molecule has 1 aliphatic carbocycles. The minimum absolute atomic E-state index is 0.119. The summed E-state index contributed by atoms with van der Waals surface area (Å²) in [7, 11) is 3.71. The fourth-order valence-electron chi connectivity index (χ4n) is 3.84. The third kappa shape index (κ3) is 3.17. The molecule has 0 spiro atoms. The molecule has 6 nitrogen and oxygen atoms in total. The molecule has 2 heterocycles. The molecule has 1 saturated heterocycles. The van der Waals surface area contributed by atoms with Crippen molar-refractivity contribution in [2.75, 3.05) is 27.2 Å². The van der Waals surface area contributed by atoms with Crippen molar-refractivity contribution in [3.63, 3.8) is 0 Å². The first-order valence-electron chi connectivity index (χ1n) is 8.11. The molecule has 0 aromatic carbocycles. The Morgan fingerprint density at radius 1 is 1.50 bits per heavy atom. The number of likely N-dealkylation sites (N-methyl/N-ethyl adjacent to an activating group) is 1. The molecular weight excluding hydrogens is 282 g/mol. The summed E-state index contributed by atoms with van der Waals surface area (Å²) in [6, 6.07) is 2.52. The number of aromatic nitrogens is 1. The van der Waals surface area contributed by atoms with Crippen LogP contribution in [0.3, 0.4) is 0 Å². The van der Waals surface area contributed by atoms with Crippen molar-refractivity contribution < 1.29 is 14.1 Å². The molecule has 0 bridgehead atoms.